The largest absolute Gasteiger partial charge is 0.327 e. The highest BCUT2D eigenvalue weighted by Crippen LogP contribution is 1.82. The Morgan fingerprint density at radius 1 is 1.82 bits per heavy atom. The van der Waals surface area contributed by atoms with Crippen molar-refractivity contribution in [3.8, 4) is 12.3 Å². The standard InChI is InChI=1S/C7H7N3O/c1-2-3-9-7(11)10-5-4-8-6-10/h1,4-6H,3H2,(H,9,11). The Morgan fingerprint density at radius 3 is 3.18 bits per heavy atom. The van der Waals surface area contributed by atoms with Gasteiger partial charge in [0.05, 0.1) is 6.54 Å². The van der Waals surface area contributed by atoms with Gasteiger partial charge in [0.15, 0.2) is 0 Å². The van der Waals surface area contributed by atoms with E-state index in [0.29, 0.717) is 0 Å². The van der Waals surface area contributed by atoms with E-state index in [1.165, 1.54) is 17.1 Å². The predicted molar refractivity (Wildman–Crippen MR) is 39.9 cm³/mol. The van der Waals surface area contributed by atoms with Crippen LogP contribution in [0.2, 0.25) is 0 Å². The predicted octanol–water partition coefficient (Wildman–Crippen LogP) is 0.0740. The first-order valence-corrected chi connectivity index (χ1v) is 3.04. The van der Waals surface area contributed by atoms with Crippen LogP contribution in [-0.4, -0.2) is 22.1 Å². The Bertz CT molecular complexity index is 270. The molecule has 0 aliphatic heterocycles. The van der Waals surface area contributed by atoms with Crippen LogP contribution in [0.3, 0.4) is 0 Å². The van der Waals surface area contributed by atoms with E-state index in [0.717, 1.165) is 0 Å². The van der Waals surface area contributed by atoms with E-state index in [-0.39, 0.29) is 12.6 Å². The third-order valence-electron chi connectivity index (χ3n) is 1.08. The molecule has 0 aromatic carbocycles. The summed E-state index contributed by atoms with van der Waals surface area (Å²) >= 11 is 0. The van der Waals surface area contributed by atoms with Gasteiger partial charge in [0.1, 0.15) is 6.33 Å². The van der Waals surface area contributed by atoms with Gasteiger partial charge in [0.25, 0.3) is 0 Å². The zero-order valence-electron chi connectivity index (χ0n) is 5.82. The third kappa shape index (κ3) is 1.83. The SMILES string of the molecule is C#CCNC(=O)n1ccnc1. The zero-order valence-corrected chi connectivity index (χ0v) is 5.82. The van der Waals surface area contributed by atoms with Crippen molar-refractivity contribution in [3.05, 3.63) is 18.7 Å². The van der Waals surface area contributed by atoms with Gasteiger partial charge in [-0.1, -0.05) is 5.92 Å². The molecule has 1 N–H and O–H groups in total. The van der Waals surface area contributed by atoms with E-state index in [4.69, 9.17) is 6.42 Å². The van der Waals surface area contributed by atoms with Crippen molar-refractivity contribution in [2.45, 2.75) is 0 Å². The van der Waals surface area contributed by atoms with Crippen LogP contribution in [0.1, 0.15) is 0 Å². The Hall–Kier alpha value is -1.76. The van der Waals surface area contributed by atoms with Crippen LogP contribution in [-0.2, 0) is 0 Å². The molecule has 0 saturated heterocycles. The molecule has 0 aliphatic rings. The average molecular weight is 149 g/mol. The summed E-state index contributed by atoms with van der Waals surface area (Å²) in [7, 11) is 0. The number of rotatable bonds is 1. The molecule has 1 amide bonds. The lowest BCUT2D eigenvalue weighted by Crippen LogP contribution is -2.27. The van der Waals surface area contributed by atoms with Crippen molar-refractivity contribution < 1.29 is 4.79 Å². The number of nitrogens with one attached hydrogen (secondary N) is 1. The summed E-state index contributed by atoms with van der Waals surface area (Å²) in [5.41, 5.74) is 0. The summed E-state index contributed by atoms with van der Waals surface area (Å²) < 4.78 is 1.32. The number of nitrogens with zero attached hydrogens (tertiary/aromatic N) is 2. The molecule has 0 radical (unpaired) electrons. The van der Waals surface area contributed by atoms with E-state index in [9.17, 15) is 4.79 Å². The number of hydrogen-bond donors (Lipinski definition) is 1. The minimum absolute atomic E-state index is 0.233. The Morgan fingerprint density at radius 2 is 2.64 bits per heavy atom. The van der Waals surface area contributed by atoms with Crippen molar-refractivity contribution in [2.75, 3.05) is 6.54 Å². The molecule has 4 heteroatoms. The van der Waals surface area contributed by atoms with Crippen molar-refractivity contribution in [1.82, 2.24) is 14.9 Å². The van der Waals surface area contributed by atoms with Crippen molar-refractivity contribution in [1.29, 1.82) is 0 Å². The van der Waals surface area contributed by atoms with E-state index >= 15 is 0 Å². The molecule has 1 heterocycles. The number of carbonyl (C=O) groups is 1. The lowest BCUT2D eigenvalue weighted by Gasteiger charge is -1.98. The van der Waals surface area contributed by atoms with Crippen LogP contribution < -0.4 is 5.32 Å². The molecule has 1 aromatic rings. The lowest BCUT2D eigenvalue weighted by molar-refractivity contribution is 0.243. The van der Waals surface area contributed by atoms with Crippen LogP contribution in [0.4, 0.5) is 4.79 Å². The molecule has 0 saturated carbocycles. The van der Waals surface area contributed by atoms with Crippen LogP contribution in [0, 0.1) is 12.3 Å². The molecule has 0 fully saturated rings. The number of amides is 1. The number of terminal acetylenes is 1. The maximum atomic E-state index is 11.0. The second-order valence-corrected chi connectivity index (χ2v) is 1.83. The molecule has 56 valence electrons. The van der Waals surface area contributed by atoms with Crippen molar-refractivity contribution in [2.24, 2.45) is 0 Å². The molecule has 11 heavy (non-hydrogen) atoms. The quantitative estimate of drug-likeness (QED) is 0.574. The average Bonchev–Trinajstić information content (AvgIpc) is 2.52. The van der Waals surface area contributed by atoms with Gasteiger partial charge < -0.3 is 5.32 Å². The lowest BCUT2D eigenvalue weighted by atomic mass is 10.6. The van der Waals surface area contributed by atoms with E-state index in [1.54, 1.807) is 6.20 Å². The van der Waals surface area contributed by atoms with Crippen LogP contribution in [0.25, 0.3) is 0 Å². The number of carbonyl (C=O) groups excluding carboxylic acids is 1. The summed E-state index contributed by atoms with van der Waals surface area (Å²) in [4.78, 5) is 14.7. The minimum Gasteiger partial charge on any atom is -0.326 e. The first-order valence-electron chi connectivity index (χ1n) is 3.04. The van der Waals surface area contributed by atoms with Crippen LogP contribution in [0.5, 0.6) is 0 Å². The van der Waals surface area contributed by atoms with Gasteiger partial charge in [-0.15, -0.1) is 6.42 Å². The first-order chi connectivity index (χ1) is 5.34. The highest BCUT2D eigenvalue weighted by molar-refractivity contribution is 5.76. The highest BCUT2D eigenvalue weighted by atomic mass is 16.2. The van der Waals surface area contributed by atoms with Gasteiger partial charge >= 0.3 is 6.03 Å². The topological polar surface area (TPSA) is 46.9 Å². The normalized spacial score (nSPS) is 8.64. The molecular formula is C7H7N3O. The number of imidazole rings is 1. The molecule has 1 aromatic heterocycles. The fourth-order valence-electron chi connectivity index (χ4n) is 0.597. The van der Waals surface area contributed by atoms with Crippen LogP contribution >= 0.6 is 0 Å². The summed E-state index contributed by atoms with van der Waals surface area (Å²) in [5, 5.41) is 2.48. The first kappa shape index (κ1) is 7.35. The molecule has 0 spiro atoms. The second kappa shape index (κ2) is 3.42. The molecule has 0 bridgehead atoms. The van der Waals surface area contributed by atoms with Gasteiger partial charge in [-0.3, -0.25) is 4.57 Å². The summed E-state index contributed by atoms with van der Waals surface area (Å²) in [5.74, 6) is 2.29. The maximum Gasteiger partial charge on any atom is 0.327 e. The van der Waals surface area contributed by atoms with E-state index in [2.05, 4.69) is 16.2 Å². The molecule has 1 rings (SSSR count). The summed E-state index contributed by atoms with van der Waals surface area (Å²) in [6, 6.07) is -0.263. The van der Waals surface area contributed by atoms with Crippen molar-refractivity contribution >= 4 is 6.03 Å². The molecule has 0 atom stereocenters. The molecule has 0 unspecified atom stereocenters. The van der Waals surface area contributed by atoms with Crippen molar-refractivity contribution in [3.63, 3.8) is 0 Å². The smallest absolute Gasteiger partial charge is 0.326 e. The third-order valence-corrected chi connectivity index (χ3v) is 1.08. The summed E-state index contributed by atoms with van der Waals surface area (Å²) in [6.45, 7) is 0.233. The van der Waals surface area contributed by atoms with E-state index < -0.39 is 0 Å². The fraction of sp³-hybridized carbons (Fsp3) is 0.143. The molecule has 4 nitrogen and oxygen atoms in total. The Labute approximate surface area is 64.2 Å². The highest BCUT2D eigenvalue weighted by Gasteiger charge is 1.98. The van der Waals surface area contributed by atoms with Crippen LogP contribution in [0.15, 0.2) is 18.7 Å². The monoisotopic (exact) mass is 149 g/mol. The molecular weight excluding hydrogens is 142 g/mol. The van der Waals surface area contributed by atoms with E-state index in [1.807, 2.05) is 0 Å². The fourth-order valence-corrected chi connectivity index (χ4v) is 0.597. The van der Waals surface area contributed by atoms with Gasteiger partial charge in [-0.2, -0.15) is 0 Å². The Balaban J connectivity index is 2.51. The zero-order chi connectivity index (χ0) is 8.10. The Kier molecular flexibility index (Phi) is 2.28. The van der Waals surface area contributed by atoms with Gasteiger partial charge in [-0.05, 0) is 0 Å². The summed E-state index contributed by atoms with van der Waals surface area (Å²) in [6.07, 6.45) is 9.42. The number of aromatic nitrogens is 2. The maximum absolute atomic E-state index is 11.0. The second-order valence-electron chi connectivity index (χ2n) is 1.83. The molecule has 0 aliphatic carbocycles. The number of hydrogen-bond acceptors (Lipinski definition) is 2. The van der Waals surface area contributed by atoms with Gasteiger partial charge in [0, 0.05) is 12.4 Å². The van der Waals surface area contributed by atoms with Gasteiger partial charge in [-0.25, -0.2) is 9.78 Å². The minimum atomic E-state index is -0.263. The van der Waals surface area contributed by atoms with Gasteiger partial charge in [0.2, 0.25) is 0 Å².